The molecule has 6 nitrogen and oxygen atoms in total. The number of hydrogen-bond acceptors (Lipinski definition) is 4. The number of aryl methyl sites for hydroxylation is 1. The summed E-state index contributed by atoms with van der Waals surface area (Å²) in [5.74, 6) is 0. The van der Waals surface area contributed by atoms with E-state index in [1.165, 1.54) is 24.1 Å². The van der Waals surface area contributed by atoms with E-state index in [4.69, 9.17) is 0 Å². The van der Waals surface area contributed by atoms with Gasteiger partial charge < -0.3 is 0 Å². The number of fused-ring (bicyclic) bond motifs is 1. The van der Waals surface area contributed by atoms with Gasteiger partial charge in [0.1, 0.15) is 11.7 Å². The molecular weight excluding hydrogens is 184 g/mol. The average Bonchev–Trinajstić information content (AvgIpc) is 2.23. The Bertz CT molecular complexity index is 611. The summed E-state index contributed by atoms with van der Waals surface area (Å²) in [5.41, 5.74) is -0.405. The van der Waals surface area contributed by atoms with Gasteiger partial charge in [-0.1, -0.05) is 0 Å². The largest absolute Gasteiger partial charge is 0.332 e. The maximum Gasteiger partial charge on any atom is 0.332 e. The van der Waals surface area contributed by atoms with Crippen LogP contribution in [0.25, 0.3) is 11.0 Å². The lowest BCUT2D eigenvalue weighted by Gasteiger charge is -2.04. The summed E-state index contributed by atoms with van der Waals surface area (Å²) < 4.78 is 2.35. The second-order valence-corrected chi connectivity index (χ2v) is 2.97. The molecule has 0 fully saturated rings. The highest BCUT2D eigenvalue weighted by Crippen LogP contribution is 1.98. The smallest absolute Gasteiger partial charge is 0.280 e. The first kappa shape index (κ1) is 8.61. The topological polar surface area (TPSA) is 69.8 Å². The minimum atomic E-state index is -0.388. The summed E-state index contributed by atoms with van der Waals surface area (Å²) in [5, 5.41) is 0.345. The lowest BCUT2D eigenvalue weighted by atomic mass is 10.4. The van der Waals surface area contributed by atoms with Crippen molar-refractivity contribution in [3.05, 3.63) is 33.4 Å². The number of aromatic nitrogens is 4. The first-order valence-electron chi connectivity index (χ1n) is 3.98. The van der Waals surface area contributed by atoms with Gasteiger partial charge in [-0.2, -0.15) is 0 Å². The summed E-state index contributed by atoms with van der Waals surface area (Å²) >= 11 is 0. The maximum absolute atomic E-state index is 11.6. The van der Waals surface area contributed by atoms with Gasteiger partial charge in [0.25, 0.3) is 5.56 Å². The zero-order valence-corrected chi connectivity index (χ0v) is 7.76. The van der Waals surface area contributed by atoms with Crippen LogP contribution in [0, 0.1) is 0 Å². The van der Waals surface area contributed by atoms with Gasteiger partial charge in [0, 0.05) is 20.3 Å². The van der Waals surface area contributed by atoms with Crippen LogP contribution in [0.3, 0.4) is 0 Å². The molecular formula is C8H8N4O2. The van der Waals surface area contributed by atoms with Crippen LogP contribution in [0.4, 0.5) is 0 Å². The monoisotopic (exact) mass is 192 g/mol. The first-order chi connectivity index (χ1) is 6.63. The van der Waals surface area contributed by atoms with Crippen molar-refractivity contribution in [3.8, 4) is 0 Å². The van der Waals surface area contributed by atoms with Crippen molar-refractivity contribution in [2.45, 2.75) is 0 Å². The molecule has 0 spiro atoms. The normalized spacial score (nSPS) is 10.7. The number of rotatable bonds is 0. The zero-order chi connectivity index (χ0) is 10.3. The highest BCUT2D eigenvalue weighted by Gasteiger charge is 2.07. The third-order valence-corrected chi connectivity index (χ3v) is 2.12. The Hall–Kier alpha value is -1.98. The van der Waals surface area contributed by atoms with Gasteiger partial charge in [0.15, 0.2) is 5.65 Å². The standard InChI is InChI=1S/C8H8N4O2/c1-11-6-5(3-9-4-10-6)7(13)12(2)8(11)14/h3-4H,1-2H3. The van der Waals surface area contributed by atoms with E-state index < -0.39 is 0 Å². The molecule has 0 N–H and O–H groups in total. The van der Waals surface area contributed by atoms with Crippen LogP contribution in [0.15, 0.2) is 22.1 Å². The molecule has 0 saturated carbocycles. The van der Waals surface area contributed by atoms with Crippen molar-refractivity contribution in [3.63, 3.8) is 0 Å². The Morgan fingerprint density at radius 3 is 2.64 bits per heavy atom. The summed E-state index contributed by atoms with van der Waals surface area (Å²) in [6.45, 7) is 0. The van der Waals surface area contributed by atoms with Crippen LogP contribution in [0.1, 0.15) is 0 Å². The van der Waals surface area contributed by atoms with Crippen molar-refractivity contribution in [2.24, 2.45) is 14.1 Å². The Morgan fingerprint density at radius 1 is 1.21 bits per heavy atom. The van der Waals surface area contributed by atoms with Crippen molar-refractivity contribution in [1.29, 1.82) is 0 Å². The molecule has 6 heteroatoms. The van der Waals surface area contributed by atoms with Gasteiger partial charge in [0.2, 0.25) is 0 Å². The van der Waals surface area contributed by atoms with E-state index in [1.807, 2.05) is 0 Å². The van der Waals surface area contributed by atoms with E-state index in [9.17, 15) is 9.59 Å². The second-order valence-electron chi connectivity index (χ2n) is 2.97. The molecule has 0 aliphatic carbocycles. The van der Waals surface area contributed by atoms with E-state index in [0.717, 1.165) is 4.57 Å². The fourth-order valence-corrected chi connectivity index (χ4v) is 1.32. The first-order valence-corrected chi connectivity index (χ1v) is 3.98. The van der Waals surface area contributed by atoms with Crippen LogP contribution in [0.5, 0.6) is 0 Å². The summed E-state index contributed by atoms with van der Waals surface area (Å²) in [6.07, 6.45) is 2.71. The molecule has 0 aliphatic heterocycles. The van der Waals surface area contributed by atoms with Crippen molar-refractivity contribution >= 4 is 11.0 Å². The minimum absolute atomic E-state index is 0.345. The zero-order valence-electron chi connectivity index (χ0n) is 7.76. The highest BCUT2D eigenvalue weighted by molar-refractivity contribution is 5.72. The van der Waals surface area contributed by atoms with Gasteiger partial charge in [-0.05, 0) is 0 Å². The molecule has 2 aromatic rings. The molecule has 0 radical (unpaired) electrons. The number of nitrogens with zero attached hydrogens (tertiary/aromatic N) is 4. The number of hydrogen-bond donors (Lipinski definition) is 0. The average molecular weight is 192 g/mol. The summed E-state index contributed by atoms with van der Waals surface area (Å²) in [6, 6.07) is 0. The Morgan fingerprint density at radius 2 is 1.93 bits per heavy atom. The molecule has 0 atom stereocenters. The molecule has 2 heterocycles. The molecule has 2 rings (SSSR count). The van der Waals surface area contributed by atoms with E-state index in [-0.39, 0.29) is 11.2 Å². The van der Waals surface area contributed by atoms with Crippen molar-refractivity contribution in [2.75, 3.05) is 0 Å². The quantitative estimate of drug-likeness (QED) is 0.538. The minimum Gasteiger partial charge on any atom is -0.280 e. The fourth-order valence-electron chi connectivity index (χ4n) is 1.32. The Kier molecular flexibility index (Phi) is 1.70. The molecule has 0 amide bonds. The van der Waals surface area contributed by atoms with E-state index in [1.54, 1.807) is 7.05 Å². The van der Waals surface area contributed by atoms with E-state index in [2.05, 4.69) is 9.97 Å². The van der Waals surface area contributed by atoms with Crippen molar-refractivity contribution in [1.82, 2.24) is 19.1 Å². The lowest BCUT2D eigenvalue weighted by molar-refractivity contribution is 0.706. The summed E-state index contributed by atoms with van der Waals surface area (Å²) in [7, 11) is 2.99. The highest BCUT2D eigenvalue weighted by atomic mass is 16.2. The van der Waals surface area contributed by atoms with Gasteiger partial charge in [0.05, 0.1) is 0 Å². The fraction of sp³-hybridized carbons (Fsp3) is 0.250. The second kappa shape index (κ2) is 2.76. The third kappa shape index (κ3) is 0.968. The van der Waals surface area contributed by atoms with Crippen LogP contribution >= 0.6 is 0 Å². The molecule has 0 saturated heterocycles. The molecule has 0 bridgehead atoms. The van der Waals surface area contributed by atoms with Gasteiger partial charge >= 0.3 is 5.69 Å². The molecule has 72 valence electrons. The third-order valence-electron chi connectivity index (χ3n) is 2.12. The maximum atomic E-state index is 11.6. The molecule has 14 heavy (non-hydrogen) atoms. The Balaban J connectivity index is 3.19. The van der Waals surface area contributed by atoms with Crippen LogP contribution in [-0.4, -0.2) is 19.1 Å². The molecule has 0 aromatic carbocycles. The predicted molar refractivity (Wildman–Crippen MR) is 50.0 cm³/mol. The van der Waals surface area contributed by atoms with E-state index in [0.29, 0.717) is 11.0 Å². The molecule has 0 aliphatic rings. The van der Waals surface area contributed by atoms with Gasteiger partial charge in [-0.15, -0.1) is 0 Å². The van der Waals surface area contributed by atoms with Crippen molar-refractivity contribution < 1.29 is 0 Å². The predicted octanol–water partition coefficient (Wildman–Crippen LogP) is -0.973. The lowest BCUT2D eigenvalue weighted by Crippen LogP contribution is -2.37. The molecule has 2 aromatic heterocycles. The van der Waals surface area contributed by atoms with Crippen LogP contribution in [0.2, 0.25) is 0 Å². The summed E-state index contributed by atoms with van der Waals surface area (Å²) in [4.78, 5) is 30.7. The van der Waals surface area contributed by atoms with Gasteiger partial charge in [-0.25, -0.2) is 14.8 Å². The van der Waals surface area contributed by atoms with E-state index >= 15 is 0 Å². The van der Waals surface area contributed by atoms with Crippen LogP contribution in [-0.2, 0) is 14.1 Å². The Labute approximate surface area is 78.5 Å². The molecule has 0 unspecified atom stereocenters. The van der Waals surface area contributed by atoms with Gasteiger partial charge in [-0.3, -0.25) is 13.9 Å². The SMILES string of the molecule is Cn1c(=O)c2cncnc2n(C)c1=O. The van der Waals surface area contributed by atoms with Crippen LogP contribution < -0.4 is 11.2 Å².